The number of para-hydroxylation sites is 1. The van der Waals surface area contributed by atoms with Crippen LogP contribution in [-0.4, -0.2) is 69.9 Å². The van der Waals surface area contributed by atoms with Crippen molar-refractivity contribution < 1.29 is 32.3 Å². The van der Waals surface area contributed by atoms with Gasteiger partial charge in [-0.1, -0.05) is 73.6 Å². The first-order valence-electron chi connectivity index (χ1n) is 15.5. The van der Waals surface area contributed by atoms with E-state index in [0.29, 0.717) is 5.75 Å². The molecule has 4 atom stereocenters. The lowest BCUT2D eigenvalue weighted by atomic mass is 10.1. The normalized spacial score (nSPS) is 25.3. The Bertz CT molecular complexity index is 1260. The van der Waals surface area contributed by atoms with Crippen LogP contribution in [0.2, 0.25) is 22.2 Å². The van der Waals surface area contributed by atoms with Gasteiger partial charge in [0.2, 0.25) is 5.88 Å². The minimum absolute atomic E-state index is 0.0589. The summed E-state index contributed by atoms with van der Waals surface area (Å²) in [5, 5.41) is 9.69. The maximum Gasteiger partial charge on any atom is 0.353 e. The maximum absolute atomic E-state index is 13.5. The van der Waals surface area contributed by atoms with Gasteiger partial charge < -0.3 is 32.3 Å². The number of hydrogen-bond donors (Lipinski definition) is 1. The number of ether oxygens (including phenoxy) is 3. The van der Waals surface area contributed by atoms with Crippen molar-refractivity contribution in [3.05, 3.63) is 52.1 Å². The molecule has 0 unspecified atom stereocenters. The summed E-state index contributed by atoms with van der Waals surface area (Å²) >= 11 is 0. The molecule has 10 nitrogen and oxygen atoms in total. The smallest absolute Gasteiger partial charge is 0.353 e. The number of hydrogen-bond acceptors (Lipinski definition) is 9. The third-order valence-electron chi connectivity index (χ3n) is 8.71. The Hall–Kier alpha value is -1.91. The van der Waals surface area contributed by atoms with E-state index in [4.69, 9.17) is 27.2 Å². The van der Waals surface area contributed by atoms with Gasteiger partial charge >= 0.3 is 22.8 Å². The third kappa shape index (κ3) is 6.57. The first-order chi connectivity index (χ1) is 20.3. The van der Waals surface area contributed by atoms with E-state index in [1.54, 1.807) is 12.3 Å². The van der Waals surface area contributed by atoms with E-state index in [0.717, 1.165) is 11.1 Å². The summed E-state index contributed by atoms with van der Waals surface area (Å²) in [6, 6.07) is 7.51. The highest BCUT2D eigenvalue weighted by atomic mass is 28.5. The van der Waals surface area contributed by atoms with Crippen LogP contribution in [0.25, 0.3) is 0 Å². The fraction of sp³-hybridized carbons (Fsp3) is 0.677. The van der Waals surface area contributed by atoms with Gasteiger partial charge in [-0.3, -0.25) is 4.57 Å². The summed E-state index contributed by atoms with van der Waals surface area (Å²) < 4.78 is 41.6. The van der Waals surface area contributed by atoms with Gasteiger partial charge in [0.05, 0.1) is 19.8 Å². The number of aliphatic hydroxyl groups is 1. The van der Waals surface area contributed by atoms with E-state index in [1.807, 2.05) is 32.0 Å². The number of rotatable bonds is 10. The number of benzene rings is 1. The van der Waals surface area contributed by atoms with Gasteiger partial charge in [0.25, 0.3) is 0 Å². The first kappa shape index (κ1) is 34.0. The van der Waals surface area contributed by atoms with Crippen LogP contribution in [0.15, 0.2) is 35.3 Å². The molecule has 4 rings (SSSR count). The summed E-state index contributed by atoms with van der Waals surface area (Å²) in [6.07, 6.45) is -1.02. The van der Waals surface area contributed by atoms with Gasteiger partial charge in [-0.25, -0.2) is 4.79 Å². The summed E-state index contributed by atoms with van der Waals surface area (Å²) in [6.45, 7) is 21.3. The van der Waals surface area contributed by atoms with Crippen LogP contribution in [-0.2, 0) is 22.4 Å². The second-order valence-corrected chi connectivity index (χ2v) is 21.8. The van der Waals surface area contributed by atoms with Crippen molar-refractivity contribution in [2.75, 3.05) is 19.8 Å². The Morgan fingerprint density at radius 1 is 0.977 bits per heavy atom. The van der Waals surface area contributed by atoms with Crippen LogP contribution >= 0.6 is 0 Å². The molecule has 0 radical (unpaired) electrons. The van der Waals surface area contributed by atoms with Gasteiger partial charge in [-0.2, -0.15) is 4.98 Å². The third-order valence-corrected chi connectivity index (χ3v) is 19.0. The molecule has 2 saturated heterocycles. The number of fused-ring (bicyclic) bond motifs is 1. The van der Waals surface area contributed by atoms with E-state index >= 15 is 0 Å². The number of aryl methyl sites for hydroxylation is 2. The van der Waals surface area contributed by atoms with E-state index in [9.17, 15) is 9.90 Å². The molecule has 2 aliphatic heterocycles. The number of aliphatic hydroxyl groups excluding tert-OH is 1. The van der Waals surface area contributed by atoms with Crippen molar-refractivity contribution in [1.82, 2.24) is 9.55 Å². The molecule has 1 aromatic carbocycles. The first-order valence-corrected chi connectivity index (χ1v) is 19.4. The van der Waals surface area contributed by atoms with Crippen molar-refractivity contribution in [1.29, 1.82) is 0 Å². The second-order valence-electron chi connectivity index (χ2n) is 13.0. The molecular formula is C31H50N2O8Si2. The monoisotopic (exact) mass is 634 g/mol. The lowest BCUT2D eigenvalue weighted by Gasteiger charge is -2.51. The zero-order valence-corrected chi connectivity index (χ0v) is 29.3. The number of nitrogens with zero attached hydrogens (tertiary/aromatic N) is 2. The largest absolute Gasteiger partial charge is 0.438 e. The standard InChI is InChI=1S/C31H50N2O8Si2/c1-19(2)42(20(3)4)37-18-25-28(40-43(41-42,21(5)6)22(7)8)29(36-17-16-34)30(38-25)33-15-14-26(32-31(33)35)39-27-23(9)12-11-13-24(27)10/h11-15,19-22,25,28-30,34H,16-18H2,1-10H3/t25-,28-,29-,30-/m1/s1. The van der Waals surface area contributed by atoms with Crippen LogP contribution < -0.4 is 10.4 Å². The van der Waals surface area contributed by atoms with E-state index in [2.05, 4.69) is 60.4 Å². The SMILES string of the molecule is Cc1cccc(C)c1Oc1ccn([C@@H]2O[C@@H]3CO[Si](C(C)C)(C(C)C)O[Si](C(C)C)(C(C)C)O[C@H]3[C@H]2OCCO)c(=O)n1. The van der Waals surface area contributed by atoms with E-state index in [-0.39, 0.29) is 47.9 Å². The van der Waals surface area contributed by atoms with Gasteiger partial charge in [-0.05, 0) is 47.1 Å². The van der Waals surface area contributed by atoms with Crippen molar-refractivity contribution in [2.45, 2.75) is 116 Å². The van der Waals surface area contributed by atoms with E-state index < -0.39 is 47.4 Å². The average molecular weight is 635 g/mol. The van der Waals surface area contributed by atoms with Crippen molar-refractivity contribution in [3.8, 4) is 11.6 Å². The Morgan fingerprint density at radius 3 is 2.12 bits per heavy atom. The van der Waals surface area contributed by atoms with Crippen LogP contribution in [0, 0.1) is 13.8 Å². The van der Waals surface area contributed by atoms with Crippen molar-refractivity contribution in [3.63, 3.8) is 0 Å². The Kier molecular flexibility index (Phi) is 10.8. The van der Waals surface area contributed by atoms with Gasteiger partial charge in [-0.15, -0.1) is 0 Å². The molecule has 0 bridgehead atoms. The fourth-order valence-corrected chi connectivity index (χ4v) is 17.6. The summed E-state index contributed by atoms with van der Waals surface area (Å²) in [5.74, 6) is 0.864. The zero-order valence-electron chi connectivity index (χ0n) is 27.3. The van der Waals surface area contributed by atoms with Crippen molar-refractivity contribution in [2.24, 2.45) is 0 Å². The predicted molar refractivity (Wildman–Crippen MR) is 169 cm³/mol. The zero-order chi connectivity index (χ0) is 31.7. The summed E-state index contributed by atoms with van der Waals surface area (Å²) in [7, 11) is -5.74. The fourth-order valence-electron chi connectivity index (χ4n) is 6.43. The molecule has 1 N–H and O–H groups in total. The molecule has 1 aromatic heterocycles. The molecule has 3 heterocycles. The topological polar surface area (TPSA) is 111 Å². The Labute approximate surface area is 258 Å². The number of aromatic nitrogens is 2. The molecule has 2 aliphatic rings. The van der Waals surface area contributed by atoms with Crippen molar-refractivity contribution >= 4 is 17.1 Å². The lowest BCUT2D eigenvalue weighted by Crippen LogP contribution is -2.66. The highest BCUT2D eigenvalue weighted by molar-refractivity contribution is 6.84. The van der Waals surface area contributed by atoms with Crippen LogP contribution in [0.1, 0.15) is 72.7 Å². The second kappa shape index (κ2) is 13.6. The average Bonchev–Trinajstić information content (AvgIpc) is 3.24. The molecule has 43 heavy (non-hydrogen) atoms. The lowest BCUT2D eigenvalue weighted by molar-refractivity contribution is -0.0783. The van der Waals surface area contributed by atoms with E-state index in [1.165, 1.54) is 4.57 Å². The molecule has 12 heteroatoms. The van der Waals surface area contributed by atoms with Gasteiger partial charge in [0.1, 0.15) is 24.1 Å². The Balaban J connectivity index is 1.74. The molecule has 2 fully saturated rings. The molecule has 0 saturated carbocycles. The van der Waals surface area contributed by atoms with Gasteiger partial charge in [0, 0.05) is 12.3 Å². The summed E-state index contributed by atoms with van der Waals surface area (Å²) in [4.78, 5) is 17.7. The Morgan fingerprint density at radius 2 is 1.58 bits per heavy atom. The quantitative estimate of drug-likeness (QED) is 0.320. The highest BCUT2D eigenvalue weighted by Crippen LogP contribution is 2.48. The minimum atomic E-state index is -2.96. The maximum atomic E-state index is 13.5. The molecule has 0 spiro atoms. The molecule has 0 amide bonds. The minimum Gasteiger partial charge on any atom is -0.438 e. The molecule has 0 aliphatic carbocycles. The highest BCUT2D eigenvalue weighted by Gasteiger charge is 2.62. The molecular weight excluding hydrogens is 585 g/mol. The van der Waals surface area contributed by atoms with Crippen LogP contribution in [0.5, 0.6) is 11.6 Å². The van der Waals surface area contributed by atoms with Crippen LogP contribution in [0.4, 0.5) is 0 Å². The molecule has 2 aromatic rings. The predicted octanol–water partition coefficient (Wildman–Crippen LogP) is 5.88. The summed E-state index contributed by atoms with van der Waals surface area (Å²) in [5.41, 5.74) is 1.96. The van der Waals surface area contributed by atoms with Crippen LogP contribution in [0.3, 0.4) is 0 Å². The van der Waals surface area contributed by atoms with Gasteiger partial charge in [0.15, 0.2) is 6.23 Å². The molecule has 240 valence electrons.